The highest BCUT2D eigenvalue weighted by molar-refractivity contribution is 6.37. The van der Waals surface area contributed by atoms with Crippen molar-refractivity contribution in [1.82, 2.24) is 22.6 Å². The summed E-state index contributed by atoms with van der Waals surface area (Å²) in [6.45, 7) is 0. The molecular formula is C109H68N6. The van der Waals surface area contributed by atoms with Crippen LogP contribution in [0.25, 0.3) is 208 Å². The summed E-state index contributed by atoms with van der Waals surface area (Å²) in [5.41, 5.74) is 29.0. The maximum Gasteiger partial charge on any atom is 0.0795 e. The molecule has 6 nitrogen and oxygen atoms in total. The molecule has 0 saturated carbocycles. The minimum Gasteiger partial charge on any atom is -0.310 e. The molecule has 0 spiro atoms. The minimum absolute atomic E-state index is 0.965. The Morgan fingerprint density at radius 3 is 0.983 bits per heavy atom. The highest BCUT2D eigenvalue weighted by Crippen LogP contribution is 2.49. The van der Waals surface area contributed by atoms with E-state index in [4.69, 9.17) is 4.98 Å². The normalized spacial score (nSPS) is 12.0. The number of pyridine rings is 1. The zero-order valence-electron chi connectivity index (χ0n) is 62.4. The predicted octanol–water partition coefficient (Wildman–Crippen LogP) is 29.4. The average molecular weight is 1460 g/mol. The van der Waals surface area contributed by atoms with E-state index < -0.39 is 0 Å². The van der Waals surface area contributed by atoms with Crippen LogP contribution < -0.4 is 4.90 Å². The monoisotopic (exact) mass is 1460 g/mol. The molecule has 0 bridgehead atoms. The molecule has 7 aromatic heterocycles. The third-order valence-electron chi connectivity index (χ3n) is 24.2. The first-order valence-electron chi connectivity index (χ1n) is 39.6. The summed E-state index contributed by atoms with van der Waals surface area (Å²) in [6, 6.07) is 151. The minimum atomic E-state index is 0.965. The van der Waals surface area contributed by atoms with E-state index in [1.54, 1.807) is 0 Å². The Morgan fingerprint density at radius 2 is 0.487 bits per heavy atom. The maximum atomic E-state index is 5.10. The van der Waals surface area contributed by atoms with Gasteiger partial charge in [-0.15, -0.1) is 0 Å². The molecule has 6 heteroatoms. The van der Waals surface area contributed by atoms with Gasteiger partial charge in [0, 0.05) is 92.8 Å². The molecule has 25 aromatic rings. The summed E-state index contributed by atoms with van der Waals surface area (Å²) in [5, 5.41) is 20.0. The van der Waals surface area contributed by atoms with E-state index in [-0.39, 0.29) is 0 Å². The van der Waals surface area contributed by atoms with E-state index in [1.165, 1.54) is 175 Å². The van der Waals surface area contributed by atoms with Crippen LogP contribution in [0.1, 0.15) is 0 Å². The molecule has 0 aliphatic carbocycles. The molecule has 0 fully saturated rings. The van der Waals surface area contributed by atoms with Gasteiger partial charge >= 0.3 is 0 Å². The van der Waals surface area contributed by atoms with Crippen LogP contribution in [0, 0.1) is 0 Å². The first-order chi connectivity index (χ1) is 57.1. The van der Waals surface area contributed by atoms with Crippen LogP contribution >= 0.6 is 0 Å². The van der Waals surface area contributed by atoms with Crippen LogP contribution in [-0.2, 0) is 0 Å². The lowest BCUT2D eigenvalue weighted by Crippen LogP contribution is -2.10. The Bertz CT molecular complexity index is 8260. The van der Waals surface area contributed by atoms with E-state index in [0.717, 1.165) is 50.7 Å². The van der Waals surface area contributed by atoms with Crippen LogP contribution in [0.4, 0.5) is 17.1 Å². The van der Waals surface area contributed by atoms with Crippen molar-refractivity contribution >= 4 is 169 Å². The Labute approximate surface area is 661 Å². The summed E-state index contributed by atoms with van der Waals surface area (Å²) >= 11 is 0. The van der Waals surface area contributed by atoms with Gasteiger partial charge < -0.3 is 22.5 Å². The van der Waals surface area contributed by atoms with E-state index in [1.807, 2.05) is 12.1 Å². The molecule has 0 atom stereocenters. The summed E-state index contributed by atoms with van der Waals surface area (Å²) in [7, 11) is 0. The van der Waals surface area contributed by atoms with E-state index in [0.29, 0.717) is 0 Å². The van der Waals surface area contributed by atoms with Gasteiger partial charge in [0.1, 0.15) is 0 Å². The quantitative estimate of drug-likeness (QED) is 0.152. The van der Waals surface area contributed by atoms with Gasteiger partial charge in [-0.1, -0.05) is 303 Å². The van der Waals surface area contributed by atoms with Crippen molar-refractivity contribution in [1.29, 1.82) is 0 Å². The molecule has 0 aliphatic heterocycles. The predicted molar refractivity (Wildman–Crippen MR) is 486 cm³/mol. The third kappa shape index (κ3) is 9.92. The smallest absolute Gasteiger partial charge is 0.0795 e. The number of aromatic nitrogens is 5. The number of anilines is 3. The van der Waals surface area contributed by atoms with Gasteiger partial charge in [0.25, 0.3) is 0 Å². The van der Waals surface area contributed by atoms with Crippen molar-refractivity contribution in [2.75, 3.05) is 4.90 Å². The Morgan fingerprint density at radius 1 is 0.165 bits per heavy atom. The first-order valence-corrected chi connectivity index (χ1v) is 39.6. The second kappa shape index (κ2) is 25.6. The van der Waals surface area contributed by atoms with Gasteiger partial charge in [-0.3, -0.25) is 0 Å². The summed E-state index contributed by atoms with van der Waals surface area (Å²) in [4.78, 5) is 7.49. The van der Waals surface area contributed by atoms with Crippen molar-refractivity contribution in [2.45, 2.75) is 0 Å². The van der Waals surface area contributed by atoms with Gasteiger partial charge in [0.15, 0.2) is 0 Å². The van der Waals surface area contributed by atoms with Gasteiger partial charge in [-0.05, 0) is 164 Å². The maximum absolute atomic E-state index is 5.10. The van der Waals surface area contributed by atoms with Crippen molar-refractivity contribution in [2.24, 2.45) is 0 Å². The second-order valence-electron chi connectivity index (χ2n) is 30.4. The largest absolute Gasteiger partial charge is 0.310 e. The molecule has 0 radical (unpaired) electrons. The molecule has 25 rings (SSSR count). The van der Waals surface area contributed by atoms with Gasteiger partial charge in [0.2, 0.25) is 0 Å². The van der Waals surface area contributed by atoms with Crippen molar-refractivity contribution in [3.8, 4) is 55.9 Å². The molecule has 0 N–H and O–H groups in total. The molecule has 0 aliphatic rings. The number of fused-ring (bicyclic) bond motifs is 26. The van der Waals surface area contributed by atoms with Crippen molar-refractivity contribution in [3.63, 3.8) is 0 Å². The second-order valence-corrected chi connectivity index (χ2v) is 30.4. The molecule has 0 amide bonds. The number of nitrogens with zero attached hydrogens (tertiary/aromatic N) is 6. The molecular weight excluding hydrogens is 1390 g/mol. The van der Waals surface area contributed by atoms with Crippen molar-refractivity contribution in [3.05, 3.63) is 413 Å². The lowest BCUT2D eigenvalue weighted by atomic mass is 9.96. The average Bonchev–Trinajstić information content (AvgIpc) is 1.52. The molecule has 0 unspecified atom stereocenters. The molecule has 0 saturated heterocycles. The zero-order chi connectivity index (χ0) is 75.3. The van der Waals surface area contributed by atoms with Crippen LogP contribution in [0.15, 0.2) is 413 Å². The van der Waals surface area contributed by atoms with E-state index >= 15 is 0 Å². The third-order valence-corrected chi connectivity index (χ3v) is 24.2. The summed E-state index contributed by atoms with van der Waals surface area (Å²) < 4.78 is 10.1. The van der Waals surface area contributed by atoms with Crippen LogP contribution in [0.2, 0.25) is 0 Å². The zero-order valence-corrected chi connectivity index (χ0v) is 62.4. The topological polar surface area (TPSA) is 33.8 Å². The highest BCUT2D eigenvalue weighted by Gasteiger charge is 2.26. The van der Waals surface area contributed by atoms with E-state index in [9.17, 15) is 0 Å². The van der Waals surface area contributed by atoms with Gasteiger partial charge in [0.05, 0.1) is 77.6 Å². The first kappa shape index (κ1) is 64.4. The molecule has 7 heterocycles. The van der Waals surface area contributed by atoms with Gasteiger partial charge in [-0.25, -0.2) is 4.98 Å². The number of hydrogen-bond donors (Lipinski definition) is 0. The van der Waals surface area contributed by atoms with Crippen molar-refractivity contribution < 1.29 is 0 Å². The number of hydrogen-bond acceptors (Lipinski definition) is 2. The number of benzene rings is 18. The lowest BCUT2D eigenvalue weighted by Gasteiger charge is -2.26. The number of para-hydroxylation sites is 7. The van der Waals surface area contributed by atoms with Crippen LogP contribution in [-0.4, -0.2) is 22.6 Å². The van der Waals surface area contributed by atoms with Gasteiger partial charge in [-0.2, -0.15) is 0 Å². The van der Waals surface area contributed by atoms with Crippen LogP contribution in [0.5, 0.6) is 0 Å². The Balaban J connectivity index is 0.000000133. The summed E-state index contributed by atoms with van der Waals surface area (Å²) in [5.74, 6) is 0. The molecule has 534 valence electrons. The fraction of sp³-hybridized carbons (Fsp3) is 0. The van der Waals surface area contributed by atoms with E-state index in [2.05, 4.69) is 423 Å². The Hall–Kier alpha value is -15.4. The Kier molecular flexibility index (Phi) is 14.3. The number of rotatable bonds is 8. The lowest BCUT2D eigenvalue weighted by molar-refractivity contribution is 1.28. The molecule has 115 heavy (non-hydrogen) atoms. The molecule has 18 aromatic carbocycles. The standard InChI is InChI=1S/C56H35N3.C53H33N3/c1-2-16-40(17-3-1)57(41-30-28-37(29-31-41)39-27-26-36-14-4-5-15-38(36)34-39)42-32-33-52-48(35-42)43-18-8-11-23-49(43)58-50-24-12-9-21-46(50)53-44-19-6-7-20-45(44)54-47-22-10-13-25-51(47)59(52)56(54)55(53)58;1-3-13-36(14-4-1)46-32-39(33-47(54-46)37-15-5-2-6-16-37)35-25-23-34(24-26-35)38-27-30-51-45(31-38)42-19-9-12-22-50(42)55-48-20-10-7-17-40(48)43-28-29-44-41-18-8-11-21-49(41)56(51)53(44)52(43)55/h1-35H;1-33H. The van der Waals surface area contributed by atoms with Crippen LogP contribution in [0.3, 0.4) is 0 Å². The summed E-state index contributed by atoms with van der Waals surface area (Å²) in [6.07, 6.45) is 0. The highest BCUT2D eigenvalue weighted by atomic mass is 15.1. The fourth-order valence-electron chi connectivity index (χ4n) is 19.1. The SMILES string of the molecule is c1ccc(-c2cc(-c3ccc(-c4ccc5c(c4)c4ccccc4n4c6ccccc6c6ccc7c8ccccc8n5c7c64)cc3)cc(-c3ccccc3)n2)cc1.c1ccc(N(c2ccc(-c3ccc4ccccc4c3)cc2)c2ccc3c(c2)c2ccccc2n2c4ccccc4c4c5ccccc5c5c6ccccc6n3c5c42)cc1. The fourth-order valence-corrected chi connectivity index (χ4v) is 19.1.